The summed E-state index contributed by atoms with van der Waals surface area (Å²) in [5.74, 6) is 0. The molecule has 0 radical (unpaired) electrons. The van der Waals surface area contributed by atoms with E-state index in [-0.39, 0.29) is 18.1 Å². The van der Waals surface area contributed by atoms with Crippen molar-refractivity contribution in [2.45, 2.75) is 37.4 Å². The zero-order valence-corrected chi connectivity index (χ0v) is 6.34. The van der Waals surface area contributed by atoms with E-state index in [1.165, 1.54) is 0 Å². The van der Waals surface area contributed by atoms with Crippen molar-refractivity contribution in [3.63, 3.8) is 0 Å². The maximum absolute atomic E-state index is 11.0. The number of rotatable bonds is 2. The van der Waals surface area contributed by atoms with Crippen LogP contribution in [-0.2, 0) is 0 Å². The summed E-state index contributed by atoms with van der Waals surface area (Å²) in [5.41, 5.74) is 5.52. The molecule has 2 fully saturated rings. The highest BCUT2D eigenvalue weighted by atomic mass is 16.2. The third-order valence-electron chi connectivity index (χ3n) is 2.07. The Morgan fingerprint density at radius 1 is 1.36 bits per heavy atom. The Morgan fingerprint density at radius 2 is 2.00 bits per heavy atom. The molecule has 0 spiro atoms. The van der Waals surface area contributed by atoms with Gasteiger partial charge in [-0.25, -0.2) is 4.79 Å². The first kappa shape index (κ1) is 6.91. The highest BCUT2D eigenvalue weighted by molar-refractivity contribution is 5.75. The van der Waals surface area contributed by atoms with E-state index in [1.54, 1.807) is 0 Å². The molecule has 2 aliphatic rings. The van der Waals surface area contributed by atoms with Crippen LogP contribution in [-0.4, -0.2) is 24.2 Å². The highest BCUT2D eigenvalue weighted by Gasteiger charge is 2.35. The van der Waals surface area contributed by atoms with Crippen LogP contribution in [0.4, 0.5) is 4.79 Å². The number of carbonyl (C=O) groups excluding carboxylic acids is 1. The van der Waals surface area contributed by atoms with E-state index in [4.69, 9.17) is 5.73 Å². The fourth-order valence-corrected chi connectivity index (χ4v) is 1.00. The lowest BCUT2D eigenvalue weighted by atomic mass is 10.6. The van der Waals surface area contributed by atoms with Gasteiger partial charge in [-0.1, -0.05) is 0 Å². The van der Waals surface area contributed by atoms with E-state index in [1.807, 2.05) is 0 Å². The molecule has 4 N–H and O–H groups in total. The van der Waals surface area contributed by atoms with E-state index in [9.17, 15) is 4.79 Å². The van der Waals surface area contributed by atoms with Gasteiger partial charge < -0.3 is 16.4 Å². The van der Waals surface area contributed by atoms with Crippen molar-refractivity contribution in [3.8, 4) is 0 Å². The van der Waals surface area contributed by atoms with Gasteiger partial charge in [-0.05, 0) is 19.3 Å². The molecule has 2 amide bonds. The molecular weight excluding hydrogens is 142 g/mol. The smallest absolute Gasteiger partial charge is 0.315 e. The number of hydrogen-bond acceptors (Lipinski definition) is 2. The highest BCUT2D eigenvalue weighted by Crippen LogP contribution is 2.20. The van der Waals surface area contributed by atoms with E-state index >= 15 is 0 Å². The first-order valence-electron chi connectivity index (χ1n) is 4.08. The van der Waals surface area contributed by atoms with Crippen LogP contribution in [0, 0.1) is 0 Å². The molecule has 4 heteroatoms. The first-order chi connectivity index (χ1) is 5.25. The lowest BCUT2D eigenvalue weighted by Crippen LogP contribution is -2.39. The van der Waals surface area contributed by atoms with Crippen LogP contribution in [0.25, 0.3) is 0 Å². The summed E-state index contributed by atoms with van der Waals surface area (Å²) in [6.07, 6.45) is 3.19. The third-order valence-corrected chi connectivity index (χ3v) is 2.07. The van der Waals surface area contributed by atoms with Crippen molar-refractivity contribution < 1.29 is 4.79 Å². The Bertz CT molecular complexity index is 179. The van der Waals surface area contributed by atoms with Crippen LogP contribution in [0.5, 0.6) is 0 Å². The summed E-state index contributed by atoms with van der Waals surface area (Å²) in [7, 11) is 0. The lowest BCUT2D eigenvalue weighted by molar-refractivity contribution is 0.240. The molecule has 0 aromatic heterocycles. The normalized spacial score (nSPS) is 34.6. The summed E-state index contributed by atoms with van der Waals surface area (Å²) < 4.78 is 0. The number of nitrogens with one attached hydrogen (secondary N) is 2. The van der Waals surface area contributed by atoms with Gasteiger partial charge in [-0.15, -0.1) is 0 Å². The van der Waals surface area contributed by atoms with Gasteiger partial charge in [-0.2, -0.15) is 0 Å². The Hall–Kier alpha value is -0.770. The molecule has 62 valence electrons. The maximum Gasteiger partial charge on any atom is 0.315 e. The molecular formula is C7H13N3O. The van der Waals surface area contributed by atoms with E-state index < -0.39 is 0 Å². The number of hydrogen-bond donors (Lipinski definition) is 3. The fraction of sp³-hybridized carbons (Fsp3) is 0.857. The average molecular weight is 155 g/mol. The minimum atomic E-state index is -0.0505. The van der Waals surface area contributed by atoms with Crippen molar-refractivity contribution in [2.24, 2.45) is 5.73 Å². The van der Waals surface area contributed by atoms with Gasteiger partial charge >= 0.3 is 6.03 Å². The number of amides is 2. The molecule has 2 saturated carbocycles. The van der Waals surface area contributed by atoms with E-state index in [0.29, 0.717) is 6.04 Å². The van der Waals surface area contributed by atoms with Crippen molar-refractivity contribution >= 4 is 6.03 Å². The zero-order valence-electron chi connectivity index (χ0n) is 6.34. The van der Waals surface area contributed by atoms with Crippen LogP contribution in [0.15, 0.2) is 0 Å². The minimum Gasteiger partial charge on any atom is -0.335 e. The molecule has 0 aromatic carbocycles. The number of urea groups is 1. The van der Waals surface area contributed by atoms with Crippen molar-refractivity contribution in [3.05, 3.63) is 0 Å². The summed E-state index contributed by atoms with van der Waals surface area (Å²) in [4.78, 5) is 11.0. The van der Waals surface area contributed by atoms with Gasteiger partial charge in [0.15, 0.2) is 0 Å². The van der Waals surface area contributed by atoms with Gasteiger partial charge in [0.05, 0.1) is 0 Å². The second-order valence-corrected chi connectivity index (χ2v) is 3.40. The summed E-state index contributed by atoms with van der Waals surface area (Å²) >= 11 is 0. The summed E-state index contributed by atoms with van der Waals surface area (Å²) in [6.45, 7) is 0. The molecule has 2 rings (SSSR count). The Labute approximate surface area is 65.5 Å². The summed E-state index contributed by atoms with van der Waals surface area (Å²) in [5, 5.41) is 5.64. The standard InChI is InChI=1S/C7H13N3O/c8-5-3-6(5)10-7(11)9-4-1-2-4/h4-6H,1-3,8H2,(H2,9,10,11). The number of carbonyl (C=O) groups is 1. The second-order valence-electron chi connectivity index (χ2n) is 3.40. The second kappa shape index (κ2) is 2.37. The topological polar surface area (TPSA) is 67.1 Å². The van der Waals surface area contributed by atoms with Crippen molar-refractivity contribution in [1.29, 1.82) is 0 Å². The van der Waals surface area contributed by atoms with Crippen molar-refractivity contribution in [2.75, 3.05) is 0 Å². The maximum atomic E-state index is 11.0. The van der Waals surface area contributed by atoms with Gasteiger partial charge in [0.25, 0.3) is 0 Å². The molecule has 4 nitrogen and oxygen atoms in total. The lowest BCUT2D eigenvalue weighted by Gasteiger charge is -2.03. The van der Waals surface area contributed by atoms with Crippen LogP contribution in [0.3, 0.4) is 0 Å². The predicted octanol–water partition coefficient (Wildman–Crippen LogP) is -0.452. The van der Waals surface area contributed by atoms with Crippen LogP contribution >= 0.6 is 0 Å². The zero-order chi connectivity index (χ0) is 7.84. The fourth-order valence-electron chi connectivity index (χ4n) is 1.00. The van der Waals surface area contributed by atoms with Gasteiger partial charge in [-0.3, -0.25) is 0 Å². The molecule has 0 aromatic rings. The quantitative estimate of drug-likeness (QED) is 0.505. The Morgan fingerprint density at radius 3 is 2.45 bits per heavy atom. The van der Waals surface area contributed by atoms with E-state index in [2.05, 4.69) is 10.6 Å². The van der Waals surface area contributed by atoms with E-state index in [0.717, 1.165) is 19.3 Å². The first-order valence-corrected chi connectivity index (χ1v) is 4.08. The van der Waals surface area contributed by atoms with Crippen molar-refractivity contribution in [1.82, 2.24) is 10.6 Å². The minimum absolute atomic E-state index is 0.0505. The molecule has 0 bridgehead atoms. The third kappa shape index (κ3) is 1.83. The Kier molecular flexibility index (Phi) is 1.49. The predicted molar refractivity (Wildman–Crippen MR) is 41.1 cm³/mol. The largest absolute Gasteiger partial charge is 0.335 e. The van der Waals surface area contributed by atoms with Crippen LogP contribution in [0.1, 0.15) is 19.3 Å². The van der Waals surface area contributed by atoms with Crippen LogP contribution < -0.4 is 16.4 Å². The molecule has 11 heavy (non-hydrogen) atoms. The summed E-state index contributed by atoms with van der Waals surface area (Å²) in [6, 6.07) is 0.809. The monoisotopic (exact) mass is 155 g/mol. The molecule has 2 unspecified atom stereocenters. The molecule has 0 saturated heterocycles. The SMILES string of the molecule is NC1CC1NC(=O)NC1CC1. The molecule has 0 aliphatic heterocycles. The Balaban J connectivity index is 1.65. The molecule has 2 atom stereocenters. The molecule has 2 aliphatic carbocycles. The van der Waals surface area contributed by atoms with Gasteiger partial charge in [0.1, 0.15) is 0 Å². The van der Waals surface area contributed by atoms with Gasteiger partial charge in [0, 0.05) is 18.1 Å². The average Bonchev–Trinajstić information content (AvgIpc) is 2.75. The van der Waals surface area contributed by atoms with Crippen LogP contribution in [0.2, 0.25) is 0 Å². The van der Waals surface area contributed by atoms with Gasteiger partial charge in [0.2, 0.25) is 0 Å². The molecule has 0 heterocycles. The number of nitrogens with two attached hydrogens (primary N) is 1.